The summed E-state index contributed by atoms with van der Waals surface area (Å²) in [6.45, 7) is 1.26. The van der Waals surface area contributed by atoms with Crippen LogP contribution >= 0.6 is 0 Å². The van der Waals surface area contributed by atoms with Crippen molar-refractivity contribution in [2.24, 2.45) is 0 Å². The molecule has 2 rings (SSSR count). The quantitative estimate of drug-likeness (QED) is 0.682. The van der Waals surface area contributed by atoms with Crippen molar-refractivity contribution in [2.75, 3.05) is 7.11 Å². The van der Waals surface area contributed by atoms with E-state index in [4.69, 9.17) is 19.0 Å². The highest BCUT2D eigenvalue weighted by Crippen LogP contribution is 2.39. The number of benzene rings is 1. The average molecular weight is 276 g/mol. The largest absolute Gasteiger partial charge is 0.489 e. The lowest BCUT2D eigenvalue weighted by molar-refractivity contribution is -0.133. The summed E-state index contributed by atoms with van der Waals surface area (Å²) in [5.74, 6) is -1.28. The number of carbonyl (C=O) groups excluding carboxylic acids is 1. The molecule has 0 saturated carbocycles. The van der Waals surface area contributed by atoms with E-state index in [1.807, 2.05) is 0 Å². The maximum atomic E-state index is 11.0. The molecular formula is C14H12O6. The van der Waals surface area contributed by atoms with Crippen LogP contribution in [0.1, 0.15) is 12.5 Å². The Morgan fingerprint density at radius 1 is 1.35 bits per heavy atom. The van der Waals surface area contributed by atoms with Gasteiger partial charge in [0.1, 0.15) is 5.58 Å². The molecule has 0 spiro atoms. The van der Waals surface area contributed by atoms with Gasteiger partial charge in [-0.15, -0.1) is 0 Å². The monoisotopic (exact) mass is 276 g/mol. The number of hydrogen-bond acceptors (Lipinski definition) is 5. The van der Waals surface area contributed by atoms with E-state index < -0.39 is 11.9 Å². The van der Waals surface area contributed by atoms with E-state index in [0.29, 0.717) is 22.3 Å². The molecule has 104 valence electrons. The molecule has 0 amide bonds. The van der Waals surface area contributed by atoms with E-state index in [1.165, 1.54) is 20.1 Å². The molecule has 0 atom stereocenters. The molecule has 6 nitrogen and oxygen atoms in total. The fourth-order valence-corrected chi connectivity index (χ4v) is 1.73. The van der Waals surface area contributed by atoms with Gasteiger partial charge < -0.3 is 19.0 Å². The second-order valence-corrected chi connectivity index (χ2v) is 3.94. The Kier molecular flexibility index (Phi) is 3.74. The zero-order valence-electron chi connectivity index (χ0n) is 10.9. The van der Waals surface area contributed by atoms with Crippen LogP contribution in [0.15, 0.2) is 28.7 Å². The van der Waals surface area contributed by atoms with Gasteiger partial charge in [-0.2, -0.15) is 0 Å². The Bertz CT molecular complexity index is 695. The Hall–Kier alpha value is -2.76. The van der Waals surface area contributed by atoms with Crippen LogP contribution < -0.4 is 9.47 Å². The predicted molar refractivity (Wildman–Crippen MR) is 70.7 cm³/mol. The molecule has 0 aliphatic rings. The van der Waals surface area contributed by atoms with Gasteiger partial charge in [0.05, 0.1) is 12.5 Å². The van der Waals surface area contributed by atoms with Crippen molar-refractivity contribution in [2.45, 2.75) is 6.92 Å². The van der Waals surface area contributed by atoms with E-state index in [9.17, 15) is 9.59 Å². The van der Waals surface area contributed by atoms with Crippen LogP contribution in [0.4, 0.5) is 0 Å². The van der Waals surface area contributed by atoms with Gasteiger partial charge in [0.2, 0.25) is 5.75 Å². The highest BCUT2D eigenvalue weighted by atomic mass is 16.6. The minimum atomic E-state index is -1.04. The van der Waals surface area contributed by atoms with Gasteiger partial charge in [-0.3, -0.25) is 4.79 Å². The molecule has 0 aliphatic carbocycles. The number of carboxylic acid groups (broad SMARTS) is 1. The fraction of sp³-hybridized carbons (Fsp3) is 0.143. The van der Waals surface area contributed by atoms with Gasteiger partial charge in [0.25, 0.3) is 0 Å². The molecule has 0 fully saturated rings. The van der Waals surface area contributed by atoms with Crippen molar-refractivity contribution in [3.8, 4) is 11.7 Å². The number of esters is 1. The second kappa shape index (κ2) is 5.48. The van der Waals surface area contributed by atoms with Crippen LogP contribution in [0.2, 0.25) is 0 Å². The van der Waals surface area contributed by atoms with E-state index >= 15 is 0 Å². The van der Waals surface area contributed by atoms with E-state index in [-0.39, 0.29) is 5.95 Å². The zero-order chi connectivity index (χ0) is 14.7. The number of ether oxygens (including phenoxy) is 2. The molecule has 2 aromatic rings. The summed E-state index contributed by atoms with van der Waals surface area (Å²) >= 11 is 0. The van der Waals surface area contributed by atoms with E-state index in [2.05, 4.69) is 0 Å². The summed E-state index contributed by atoms with van der Waals surface area (Å²) < 4.78 is 15.5. The molecule has 0 unspecified atom stereocenters. The third-order valence-corrected chi connectivity index (χ3v) is 2.50. The maximum absolute atomic E-state index is 11.0. The topological polar surface area (TPSA) is 86.0 Å². The van der Waals surface area contributed by atoms with Crippen molar-refractivity contribution in [1.82, 2.24) is 0 Å². The maximum Gasteiger partial charge on any atom is 0.337 e. The van der Waals surface area contributed by atoms with Crippen molar-refractivity contribution < 1.29 is 28.6 Å². The summed E-state index contributed by atoms with van der Waals surface area (Å²) in [4.78, 5) is 21.5. The van der Waals surface area contributed by atoms with Gasteiger partial charge in [-0.1, -0.05) is 6.07 Å². The predicted octanol–water partition coefficient (Wildman–Crippen LogP) is 2.46. The van der Waals surface area contributed by atoms with Crippen LogP contribution in [-0.2, 0) is 9.59 Å². The second-order valence-electron chi connectivity index (χ2n) is 3.94. The van der Waals surface area contributed by atoms with Crippen LogP contribution in [0, 0.1) is 0 Å². The van der Waals surface area contributed by atoms with Crippen LogP contribution in [0.3, 0.4) is 0 Å². The molecule has 6 heteroatoms. The van der Waals surface area contributed by atoms with Gasteiger partial charge in [-0.05, 0) is 23.8 Å². The first-order valence-electron chi connectivity index (χ1n) is 5.71. The van der Waals surface area contributed by atoms with Gasteiger partial charge in [-0.25, -0.2) is 4.79 Å². The Labute approximate surface area is 114 Å². The van der Waals surface area contributed by atoms with Crippen molar-refractivity contribution in [3.63, 3.8) is 0 Å². The molecule has 1 aromatic carbocycles. The summed E-state index contributed by atoms with van der Waals surface area (Å²) in [5, 5.41) is 9.20. The number of carboxylic acids is 1. The number of hydrogen-bond donors (Lipinski definition) is 1. The van der Waals surface area contributed by atoms with E-state index in [1.54, 1.807) is 18.2 Å². The van der Waals surface area contributed by atoms with Crippen LogP contribution in [0.25, 0.3) is 17.0 Å². The number of fused-ring (bicyclic) bond motifs is 1. The first-order valence-corrected chi connectivity index (χ1v) is 5.71. The average Bonchev–Trinajstić information content (AvgIpc) is 2.71. The molecule has 1 N–H and O–H groups in total. The summed E-state index contributed by atoms with van der Waals surface area (Å²) in [6, 6.07) is 5.01. The van der Waals surface area contributed by atoms with Crippen LogP contribution in [0.5, 0.6) is 11.7 Å². The molecule has 1 heterocycles. The highest BCUT2D eigenvalue weighted by Gasteiger charge is 2.18. The Morgan fingerprint density at radius 3 is 2.70 bits per heavy atom. The van der Waals surface area contributed by atoms with Gasteiger partial charge in [0.15, 0.2) is 0 Å². The van der Waals surface area contributed by atoms with Crippen molar-refractivity contribution >= 4 is 29.0 Å². The van der Waals surface area contributed by atoms with Gasteiger partial charge >= 0.3 is 17.9 Å². The number of rotatable bonds is 4. The lowest BCUT2D eigenvalue weighted by Gasteiger charge is -1.99. The number of methoxy groups -OCH3 is 1. The molecular weight excluding hydrogens is 264 g/mol. The molecule has 20 heavy (non-hydrogen) atoms. The zero-order valence-corrected chi connectivity index (χ0v) is 10.9. The fourth-order valence-electron chi connectivity index (χ4n) is 1.73. The first kappa shape index (κ1) is 13.7. The summed E-state index contributed by atoms with van der Waals surface area (Å²) in [5.41, 5.74) is 1.14. The minimum Gasteiger partial charge on any atom is -0.489 e. The molecule has 0 bridgehead atoms. The highest BCUT2D eigenvalue weighted by molar-refractivity contribution is 5.91. The Balaban J connectivity index is 2.50. The van der Waals surface area contributed by atoms with E-state index in [0.717, 1.165) is 6.08 Å². The smallest absolute Gasteiger partial charge is 0.337 e. The minimum absolute atomic E-state index is 0.0191. The van der Waals surface area contributed by atoms with Crippen molar-refractivity contribution in [1.29, 1.82) is 0 Å². The van der Waals surface area contributed by atoms with Crippen molar-refractivity contribution in [3.05, 3.63) is 29.8 Å². The lowest BCUT2D eigenvalue weighted by Crippen LogP contribution is -2.01. The van der Waals surface area contributed by atoms with Gasteiger partial charge in [0, 0.05) is 13.0 Å². The normalized spacial score (nSPS) is 10.9. The Morgan fingerprint density at radius 2 is 2.10 bits per heavy atom. The SMILES string of the molecule is COc1c(OC(C)=O)oc2ccc(C=CC(=O)O)cc12. The summed E-state index contributed by atoms with van der Waals surface area (Å²) in [7, 11) is 1.43. The number of aliphatic carboxylic acids is 1. The third-order valence-electron chi connectivity index (χ3n) is 2.50. The molecule has 0 aliphatic heterocycles. The number of carbonyl (C=O) groups is 2. The molecule has 0 saturated heterocycles. The van der Waals surface area contributed by atoms with Crippen LogP contribution in [-0.4, -0.2) is 24.2 Å². The number of furan rings is 1. The summed E-state index contributed by atoms with van der Waals surface area (Å²) in [6.07, 6.45) is 2.47. The lowest BCUT2D eigenvalue weighted by atomic mass is 10.1. The molecule has 0 radical (unpaired) electrons. The standard InChI is InChI=1S/C14H12O6/c1-8(15)19-14-13(18-2)10-7-9(4-6-12(16)17)3-5-11(10)20-14/h3-7H,1-2H3,(H,16,17). The molecule has 1 aromatic heterocycles. The first-order chi connectivity index (χ1) is 9.51. The third kappa shape index (κ3) is 2.80.